The van der Waals surface area contributed by atoms with E-state index in [0.717, 1.165) is 0 Å². The summed E-state index contributed by atoms with van der Waals surface area (Å²) in [6.45, 7) is 13.9. The SMILES string of the molecule is CC(C)(C)C1=CC=C(CCC2=CC=C(C(C)(C)C)CC2)CC1. The molecule has 122 valence electrons. The maximum absolute atomic E-state index is 2.39. The summed E-state index contributed by atoms with van der Waals surface area (Å²) in [6, 6.07) is 0. The van der Waals surface area contributed by atoms with Crippen LogP contribution >= 0.6 is 0 Å². The molecule has 0 atom stereocenters. The molecule has 2 rings (SSSR count). The summed E-state index contributed by atoms with van der Waals surface area (Å²) in [5.74, 6) is 0. The molecule has 0 heterocycles. The van der Waals surface area contributed by atoms with Crippen molar-refractivity contribution < 1.29 is 0 Å². The van der Waals surface area contributed by atoms with Crippen LogP contribution in [0.4, 0.5) is 0 Å². The lowest BCUT2D eigenvalue weighted by Crippen LogP contribution is -2.12. The van der Waals surface area contributed by atoms with E-state index in [1.54, 1.807) is 22.3 Å². The van der Waals surface area contributed by atoms with Gasteiger partial charge in [0.05, 0.1) is 0 Å². The molecule has 0 saturated carbocycles. The molecule has 0 fully saturated rings. The van der Waals surface area contributed by atoms with Crippen LogP contribution in [-0.4, -0.2) is 0 Å². The summed E-state index contributed by atoms with van der Waals surface area (Å²) in [6.07, 6.45) is 17.1. The summed E-state index contributed by atoms with van der Waals surface area (Å²) in [7, 11) is 0. The number of hydrogen-bond donors (Lipinski definition) is 0. The van der Waals surface area contributed by atoms with Gasteiger partial charge in [0, 0.05) is 0 Å². The van der Waals surface area contributed by atoms with E-state index in [9.17, 15) is 0 Å². The predicted molar refractivity (Wildman–Crippen MR) is 98.9 cm³/mol. The zero-order chi connectivity index (χ0) is 16.4. The Morgan fingerprint density at radius 2 is 0.955 bits per heavy atom. The Labute approximate surface area is 138 Å². The van der Waals surface area contributed by atoms with Crippen molar-refractivity contribution in [2.75, 3.05) is 0 Å². The van der Waals surface area contributed by atoms with Crippen LogP contribution in [0.25, 0.3) is 0 Å². The van der Waals surface area contributed by atoms with Crippen LogP contribution in [0.15, 0.2) is 46.6 Å². The molecule has 22 heavy (non-hydrogen) atoms. The summed E-state index contributed by atoms with van der Waals surface area (Å²) >= 11 is 0. The zero-order valence-electron chi connectivity index (χ0n) is 15.6. The smallest absolute Gasteiger partial charge is 0.0170 e. The van der Waals surface area contributed by atoms with E-state index in [1.165, 1.54) is 38.5 Å². The van der Waals surface area contributed by atoms with Gasteiger partial charge in [-0.15, -0.1) is 0 Å². The molecule has 0 amide bonds. The van der Waals surface area contributed by atoms with E-state index in [1.807, 2.05) is 0 Å². The third-order valence-electron chi connectivity index (χ3n) is 5.17. The van der Waals surface area contributed by atoms with Crippen LogP contribution in [0.5, 0.6) is 0 Å². The van der Waals surface area contributed by atoms with Gasteiger partial charge < -0.3 is 0 Å². The number of hydrogen-bond acceptors (Lipinski definition) is 0. The average molecular weight is 299 g/mol. The molecule has 0 radical (unpaired) electrons. The van der Waals surface area contributed by atoms with Gasteiger partial charge in [-0.1, -0.05) is 88.1 Å². The molecule has 0 heteroatoms. The van der Waals surface area contributed by atoms with Crippen LogP contribution < -0.4 is 0 Å². The van der Waals surface area contributed by atoms with E-state index in [2.05, 4.69) is 65.8 Å². The third kappa shape index (κ3) is 4.73. The fourth-order valence-corrected chi connectivity index (χ4v) is 3.35. The van der Waals surface area contributed by atoms with Crippen LogP contribution in [0.2, 0.25) is 0 Å². The minimum absolute atomic E-state index is 0.335. The lowest BCUT2D eigenvalue weighted by Gasteiger charge is -2.27. The molecule has 2 aliphatic rings. The Hall–Kier alpha value is -1.04. The maximum Gasteiger partial charge on any atom is -0.0170 e. The van der Waals surface area contributed by atoms with Crippen LogP contribution in [0.1, 0.15) is 80.1 Å². The normalized spacial score (nSPS) is 20.1. The van der Waals surface area contributed by atoms with Crippen LogP contribution in [0.3, 0.4) is 0 Å². The van der Waals surface area contributed by atoms with E-state index in [0.29, 0.717) is 10.8 Å². The second-order valence-corrected chi connectivity index (χ2v) is 9.03. The van der Waals surface area contributed by atoms with Crippen molar-refractivity contribution in [1.29, 1.82) is 0 Å². The molecule has 0 bridgehead atoms. The van der Waals surface area contributed by atoms with Crippen LogP contribution in [0, 0.1) is 10.8 Å². The standard InChI is InChI=1S/C22H34/c1-21(2,3)19-13-9-17(10-14-19)7-8-18-11-15-20(16-12-18)22(4,5)6/h9,11,13,15H,7-8,10,12,14,16H2,1-6H3. The molecule has 0 nitrogen and oxygen atoms in total. The monoisotopic (exact) mass is 298 g/mol. The molecule has 0 saturated heterocycles. The molecular formula is C22H34. The summed E-state index contributed by atoms with van der Waals surface area (Å²) in [4.78, 5) is 0. The fourth-order valence-electron chi connectivity index (χ4n) is 3.35. The van der Waals surface area contributed by atoms with E-state index >= 15 is 0 Å². The Bertz CT molecular complexity index is 471. The van der Waals surface area contributed by atoms with Gasteiger partial charge in [-0.25, -0.2) is 0 Å². The van der Waals surface area contributed by atoms with Gasteiger partial charge in [0.2, 0.25) is 0 Å². The topological polar surface area (TPSA) is 0 Å². The molecule has 0 aromatic carbocycles. The predicted octanol–water partition coefficient (Wildman–Crippen LogP) is 7.15. The molecular weight excluding hydrogens is 264 g/mol. The lowest BCUT2D eigenvalue weighted by molar-refractivity contribution is 0.476. The number of rotatable bonds is 3. The van der Waals surface area contributed by atoms with Gasteiger partial charge in [-0.3, -0.25) is 0 Å². The van der Waals surface area contributed by atoms with Crippen molar-refractivity contribution in [2.45, 2.75) is 80.1 Å². The second kappa shape index (κ2) is 6.60. The van der Waals surface area contributed by atoms with Crippen molar-refractivity contribution in [3.63, 3.8) is 0 Å². The molecule has 0 aromatic heterocycles. The average Bonchev–Trinajstić information content (AvgIpc) is 2.44. The van der Waals surface area contributed by atoms with E-state index in [-0.39, 0.29) is 0 Å². The van der Waals surface area contributed by atoms with Gasteiger partial charge in [-0.2, -0.15) is 0 Å². The van der Waals surface area contributed by atoms with Gasteiger partial charge in [0.1, 0.15) is 0 Å². The Morgan fingerprint density at radius 3 is 1.18 bits per heavy atom. The van der Waals surface area contributed by atoms with Gasteiger partial charge >= 0.3 is 0 Å². The number of allylic oxidation sites excluding steroid dienone is 8. The first-order valence-electron chi connectivity index (χ1n) is 8.94. The Balaban J connectivity index is 1.90. The third-order valence-corrected chi connectivity index (χ3v) is 5.17. The molecule has 0 N–H and O–H groups in total. The van der Waals surface area contributed by atoms with Crippen molar-refractivity contribution >= 4 is 0 Å². The first kappa shape index (κ1) is 17.3. The molecule has 0 unspecified atom stereocenters. The zero-order valence-corrected chi connectivity index (χ0v) is 15.6. The fraction of sp³-hybridized carbons (Fsp3) is 0.636. The first-order chi connectivity index (χ1) is 10.2. The quantitative estimate of drug-likeness (QED) is 0.519. The first-order valence-corrected chi connectivity index (χ1v) is 8.94. The molecule has 2 aliphatic carbocycles. The highest BCUT2D eigenvalue weighted by Crippen LogP contribution is 2.36. The maximum atomic E-state index is 2.39. The highest BCUT2D eigenvalue weighted by Gasteiger charge is 2.20. The Kier molecular flexibility index (Phi) is 5.20. The van der Waals surface area contributed by atoms with Gasteiger partial charge in [-0.05, 0) is 49.4 Å². The minimum Gasteiger partial charge on any atom is -0.0696 e. The van der Waals surface area contributed by atoms with E-state index < -0.39 is 0 Å². The van der Waals surface area contributed by atoms with Gasteiger partial charge in [0.25, 0.3) is 0 Å². The van der Waals surface area contributed by atoms with Crippen molar-refractivity contribution in [2.24, 2.45) is 10.8 Å². The van der Waals surface area contributed by atoms with Crippen molar-refractivity contribution in [3.8, 4) is 0 Å². The summed E-state index contributed by atoms with van der Waals surface area (Å²) in [5, 5.41) is 0. The Morgan fingerprint density at radius 1 is 0.591 bits per heavy atom. The van der Waals surface area contributed by atoms with Crippen LogP contribution in [-0.2, 0) is 0 Å². The van der Waals surface area contributed by atoms with Crippen molar-refractivity contribution in [1.82, 2.24) is 0 Å². The largest absolute Gasteiger partial charge is 0.0696 e. The lowest BCUT2D eigenvalue weighted by atomic mass is 9.78. The van der Waals surface area contributed by atoms with Gasteiger partial charge in [0.15, 0.2) is 0 Å². The second-order valence-electron chi connectivity index (χ2n) is 9.03. The minimum atomic E-state index is 0.335. The summed E-state index contributed by atoms with van der Waals surface area (Å²) < 4.78 is 0. The molecule has 0 aliphatic heterocycles. The molecule has 0 aromatic rings. The van der Waals surface area contributed by atoms with E-state index in [4.69, 9.17) is 0 Å². The van der Waals surface area contributed by atoms with Crippen molar-refractivity contribution in [3.05, 3.63) is 46.6 Å². The highest BCUT2D eigenvalue weighted by molar-refractivity contribution is 5.30. The molecule has 0 spiro atoms. The highest BCUT2D eigenvalue weighted by atomic mass is 14.3. The summed E-state index contributed by atoms with van der Waals surface area (Å²) in [5.41, 5.74) is 7.15.